The van der Waals surface area contributed by atoms with E-state index in [1.165, 1.54) is 27.8 Å². The monoisotopic (exact) mass is 318 g/mol. The highest BCUT2D eigenvalue weighted by molar-refractivity contribution is 6.07. The lowest BCUT2D eigenvalue weighted by Crippen LogP contribution is -2.31. The molecule has 3 heteroatoms. The molecule has 1 amide bonds. The Balaban J connectivity index is 1.83. The predicted molar refractivity (Wildman–Crippen MR) is 96.0 cm³/mol. The molecule has 0 fully saturated rings. The second-order valence-electron chi connectivity index (χ2n) is 6.96. The van der Waals surface area contributed by atoms with Gasteiger partial charge < -0.3 is 0 Å². The molecular weight excluding hydrogens is 296 g/mol. The fraction of sp³-hybridized carbons (Fsp3) is 0.333. The fourth-order valence-electron chi connectivity index (χ4n) is 4.12. The van der Waals surface area contributed by atoms with E-state index in [9.17, 15) is 4.79 Å². The lowest BCUT2D eigenvalue weighted by molar-refractivity contribution is -0.131. The molecule has 0 N–H and O–H groups in total. The maximum Gasteiger partial charge on any atom is 0.240 e. The third kappa shape index (κ3) is 2.27. The van der Waals surface area contributed by atoms with Crippen molar-refractivity contribution < 1.29 is 4.79 Å². The Morgan fingerprint density at radius 1 is 1.12 bits per heavy atom. The molecule has 1 aliphatic heterocycles. The summed E-state index contributed by atoms with van der Waals surface area (Å²) in [5.74, 6) is 0.294. The Morgan fingerprint density at radius 2 is 1.88 bits per heavy atom. The van der Waals surface area contributed by atoms with E-state index in [0.717, 1.165) is 18.6 Å². The molecule has 4 rings (SSSR count). The molecule has 0 spiro atoms. The van der Waals surface area contributed by atoms with Crippen molar-refractivity contribution in [3.63, 3.8) is 0 Å². The van der Waals surface area contributed by atoms with Gasteiger partial charge in [-0.25, -0.2) is 5.01 Å². The number of hydrogen-bond donors (Lipinski definition) is 0. The van der Waals surface area contributed by atoms with Gasteiger partial charge in [-0.1, -0.05) is 48.0 Å². The molecule has 0 saturated carbocycles. The molecule has 0 radical (unpaired) electrons. The topological polar surface area (TPSA) is 32.7 Å². The van der Waals surface area contributed by atoms with Crippen molar-refractivity contribution in [3.8, 4) is 0 Å². The van der Waals surface area contributed by atoms with E-state index in [-0.39, 0.29) is 17.9 Å². The number of aryl methyl sites for hydroxylation is 3. The van der Waals surface area contributed by atoms with Gasteiger partial charge in [-0.05, 0) is 43.4 Å². The van der Waals surface area contributed by atoms with Crippen LogP contribution in [0.2, 0.25) is 0 Å². The molecule has 1 aliphatic carbocycles. The first-order chi connectivity index (χ1) is 11.6. The van der Waals surface area contributed by atoms with Gasteiger partial charge in [0, 0.05) is 18.4 Å². The van der Waals surface area contributed by atoms with E-state index in [2.05, 4.69) is 56.3 Å². The Kier molecular flexibility index (Phi) is 3.52. The summed E-state index contributed by atoms with van der Waals surface area (Å²) in [4.78, 5) is 12.3. The molecule has 122 valence electrons. The minimum Gasteiger partial charge on any atom is -0.273 e. The number of fused-ring (bicyclic) bond motifs is 3. The number of hydrazone groups is 1. The number of rotatable bonds is 1. The lowest BCUT2D eigenvalue weighted by Gasteiger charge is -2.29. The minimum absolute atomic E-state index is 0.0117. The highest BCUT2D eigenvalue weighted by atomic mass is 16.2. The SMILES string of the molecule is CC(=O)N1N=C2c3c(C)cccc3CC[C@H]2[C@H]1c1ccc(C)cc1. The summed E-state index contributed by atoms with van der Waals surface area (Å²) in [5, 5.41) is 6.49. The van der Waals surface area contributed by atoms with Gasteiger partial charge >= 0.3 is 0 Å². The summed E-state index contributed by atoms with van der Waals surface area (Å²) in [7, 11) is 0. The maximum atomic E-state index is 12.3. The van der Waals surface area contributed by atoms with Crippen LogP contribution in [0, 0.1) is 19.8 Å². The van der Waals surface area contributed by atoms with Crippen molar-refractivity contribution in [1.82, 2.24) is 5.01 Å². The van der Waals surface area contributed by atoms with Gasteiger partial charge in [0.2, 0.25) is 5.91 Å². The van der Waals surface area contributed by atoms with Crippen molar-refractivity contribution in [2.75, 3.05) is 0 Å². The zero-order chi connectivity index (χ0) is 16.8. The first-order valence-corrected chi connectivity index (χ1v) is 8.60. The van der Waals surface area contributed by atoms with Crippen molar-refractivity contribution in [2.45, 2.75) is 39.7 Å². The highest BCUT2D eigenvalue weighted by Crippen LogP contribution is 2.44. The van der Waals surface area contributed by atoms with Crippen LogP contribution in [-0.4, -0.2) is 16.6 Å². The van der Waals surface area contributed by atoms with E-state index < -0.39 is 0 Å². The largest absolute Gasteiger partial charge is 0.273 e. The van der Waals surface area contributed by atoms with Crippen LogP contribution in [0.4, 0.5) is 0 Å². The quantitative estimate of drug-likeness (QED) is 0.776. The van der Waals surface area contributed by atoms with Crippen molar-refractivity contribution in [3.05, 3.63) is 70.3 Å². The Hall–Kier alpha value is -2.42. The van der Waals surface area contributed by atoms with Gasteiger partial charge in [0.1, 0.15) is 0 Å². The molecule has 0 bridgehead atoms. The number of carbonyl (C=O) groups is 1. The standard InChI is InChI=1S/C21H22N2O/c1-13-7-9-17(10-8-13)21-18-12-11-16-6-4-5-14(2)19(16)20(18)22-23(21)15(3)24/h4-10,18,21H,11-12H2,1-3H3/t18-,21-/m1/s1. The zero-order valence-corrected chi connectivity index (χ0v) is 14.4. The maximum absolute atomic E-state index is 12.3. The molecule has 2 atom stereocenters. The highest BCUT2D eigenvalue weighted by Gasteiger charge is 2.43. The molecule has 2 aromatic carbocycles. The molecule has 3 nitrogen and oxygen atoms in total. The Bertz CT molecular complexity index is 835. The van der Waals surface area contributed by atoms with Crippen molar-refractivity contribution >= 4 is 11.6 Å². The first-order valence-electron chi connectivity index (χ1n) is 8.60. The fourth-order valence-corrected chi connectivity index (χ4v) is 4.12. The van der Waals surface area contributed by atoms with Gasteiger partial charge in [-0.3, -0.25) is 4.79 Å². The number of nitrogens with zero attached hydrogens (tertiary/aromatic N) is 2. The van der Waals surface area contributed by atoms with Crippen LogP contribution in [0.1, 0.15) is 47.2 Å². The van der Waals surface area contributed by atoms with Crippen LogP contribution in [-0.2, 0) is 11.2 Å². The molecule has 24 heavy (non-hydrogen) atoms. The number of amides is 1. The average Bonchev–Trinajstić information content (AvgIpc) is 2.95. The summed E-state index contributed by atoms with van der Waals surface area (Å²) in [5.41, 5.74) is 7.38. The first kappa shape index (κ1) is 15.1. The average molecular weight is 318 g/mol. The van der Waals surface area contributed by atoms with Gasteiger partial charge in [0.05, 0.1) is 11.8 Å². The second-order valence-corrected chi connectivity index (χ2v) is 6.96. The number of benzene rings is 2. The second kappa shape index (κ2) is 5.59. The summed E-state index contributed by atoms with van der Waals surface area (Å²) in [6.45, 7) is 5.84. The lowest BCUT2D eigenvalue weighted by atomic mass is 9.76. The van der Waals surface area contributed by atoms with Gasteiger partial charge in [-0.2, -0.15) is 5.10 Å². The zero-order valence-electron chi connectivity index (χ0n) is 14.4. The van der Waals surface area contributed by atoms with E-state index in [1.807, 2.05) is 0 Å². The third-order valence-corrected chi connectivity index (χ3v) is 5.29. The van der Waals surface area contributed by atoms with E-state index in [1.54, 1.807) is 11.9 Å². The van der Waals surface area contributed by atoms with Gasteiger partial charge in [0.15, 0.2) is 0 Å². The smallest absolute Gasteiger partial charge is 0.240 e. The van der Waals surface area contributed by atoms with Crippen molar-refractivity contribution in [2.24, 2.45) is 11.0 Å². The Labute approximate surface area is 143 Å². The van der Waals surface area contributed by atoms with Crippen LogP contribution in [0.25, 0.3) is 0 Å². The molecular formula is C21H22N2O. The summed E-state index contributed by atoms with van der Waals surface area (Å²) in [6, 6.07) is 15.0. The van der Waals surface area contributed by atoms with Crippen LogP contribution in [0.5, 0.6) is 0 Å². The van der Waals surface area contributed by atoms with E-state index in [4.69, 9.17) is 5.10 Å². The molecule has 0 unspecified atom stereocenters. The summed E-state index contributed by atoms with van der Waals surface area (Å²) >= 11 is 0. The van der Waals surface area contributed by atoms with Crippen LogP contribution in [0.15, 0.2) is 47.6 Å². The molecule has 2 aliphatic rings. The minimum atomic E-state index is 0.0117. The predicted octanol–water partition coefficient (Wildman–Crippen LogP) is 4.17. The number of hydrogen-bond acceptors (Lipinski definition) is 2. The van der Waals surface area contributed by atoms with E-state index >= 15 is 0 Å². The van der Waals surface area contributed by atoms with Gasteiger partial charge in [0.25, 0.3) is 0 Å². The normalized spacial score (nSPS) is 22.0. The molecule has 0 saturated heterocycles. The Morgan fingerprint density at radius 3 is 2.58 bits per heavy atom. The van der Waals surface area contributed by atoms with Crippen molar-refractivity contribution in [1.29, 1.82) is 0 Å². The third-order valence-electron chi connectivity index (χ3n) is 5.29. The van der Waals surface area contributed by atoms with Gasteiger partial charge in [-0.15, -0.1) is 0 Å². The molecule has 2 aromatic rings. The molecule has 0 aromatic heterocycles. The summed E-state index contributed by atoms with van der Waals surface area (Å²) in [6.07, 6.45) is 2.09. The summed E-state index contributed by atoms with van der Waals surface area (Å²) < 4.78 is 0. The van der Waals surface area contributed by atoms with Crippen LogP contribution < -0.4 is 0 Å². The van der Waals surface area contributed by atoms with Crippen LogP contribution >= 0.6 is 0 Å². The van der Waals surface area contributed by atoms with E-state index in [0.29, 0.717) is 0 Å². The van der Waals surface area contributed by atoms with Crippen LogP contribution in [0.3, 0.4) is 0 Å². The molecule has 1 heterocycles. The number of carbonyl (C=O) groups excluding carboxylic acids is 1.